The summed E-state index contributed by atoms with van der Waals surface area (Å²) in [5.74, 6) is -0.261. The quantitative estimate of drug-likeness (QED) is 0.517. The maximum Gasteiger partial charge on any atom is 0.338 e. The normalized spacial score (nSPS) is 19.6. The van der Waals surface area contributed by atoms with E-state index in [-0.39, 0.29) is 17.0 Å². The van der Waals surface area contributed by atoms with Crippen molar-refractivity contribution >= 4 is 14.3 Å². The average Bonchev–Trinajstić information content (AvgIpc) is 3.05. The van der Waals surface area contributed by atoms with Gasteiger partial charge in [-0.2, -0.15) is 0 Å². The summed E-state index contributed by atoms with van der Waals surface area (Å²) in [5, 5.41) is 3.64. The van der Waals surface area contributed by atoms with Crippen LogP contribution in [0.5, 0.6) is 0 Å². The molecule has 28 heavy (non-hydrogen) atoms. The van der Waals surface area contributed by atoms with Crippen molar-refractivity contribution in [3.05, 3.63) is 35.4 Å². The molecule has 0 spiro atoms. The van der Waals surface area contributed by atoms with E-state index in [4.69, 9.17) is 9.16 Å². The maximum absolute atomic E-state index is 12.0. The number of nitrogens with one attached hydrogen (secondary N) is 1. The first-order chi connectivity index (χ1) is 13.1. The molecule has 1 N–H and O–H groups in total. The number of benzene rings is 1. The van der Waals surface area contributed by atoms with Crippen LogP contribution in [-0.4, -0.2) is 58.6 Å². The lowest BCUT2D eigenvalue weighted by atomic mass is 10.0. The summed E-state index contributed by atoms with van der Waals surface area (Å²) in [6.45, 7) is 16.7. The van der Waals surface area contributed by atoms with E-state index >= 15 is 0 Å². The predicted molar refractivity (Wildman–Crippen MR) is 117 cm³/mol. The van der Waals surface area contributed by atoms with E-state index in [2.05, 4.69) is 50.1 Å². The standard InChI is InChI=1S/C22H38N2O3Si/c1-8-26-21(25)18-11-9-10-17(14-18)20(23-5)16-24-13-12-19(15-24)27-28(6,7)22(2,3)4/h9-11,14,19-20,23H,8,12-13,15-16H2,1-7H3/t19?,20-/m1/s1. The predicted octanol–water partition coefficient (Wildman–Crippen LogP) is 4.22. The summed E-state index contributed by atoms with van der Waals surface area (Å²) >= 11 is 0. The molecule has 2 rings (SSSR count). The number of likely N-dealkylation sites (N-methyl/N-ethyl adjacent to an activating group) is 1. The topological polar surface area (TPSA) is 50.8 Å². The Hall–Kier alpha value is -1.21. The number of carbonyl (C=O) groups excluding carboxylic acids is 1. The van der Waals surface area contributed by atoms with Gasteiger partial charge in [0.1, 0.15) is 0 Å². The summed E-state index contributed by atoms with van der Waals surface area (Å²) in [4.78, 5) is 14.5. The number of carbonyl (C=O) groups is 1. The van der Waals surface area contributed by atoms with Crippen LogP contribution in [0.1, 0.15) is 56.1 Å². The number of esters is 1. The molecule has 0 radical (unpaired) electrons. The third kappa shape index (κ3) is 5.89. The van der Waals surface area contributed by atoms with Gasteiger partial charge in [-0.1, -0.05) is 32.9 Å². The highest BCUT2D eigenvalue weighted by Crippen LogP contribution is 2.38. The molecule has 1 heterocycles. The highest BCUT2D eigenvalue weighted by molar-refractivity contribution is 6.74. The Morgan fingerprint density at radius 2 is 2.07 bits per heavy atom. The zero-order valence-corrected chi connectivity index (χ0v) is 19.7. The molecule has 0 aromatic heterocycles. The van der Waals surface area contributed by atoms with Crippen LogP contribution in [0.2, 0.25) is 18.1 Å². The van der Waals surface area contributed by atoms with Gasteiger partial charge in [-0.25, -0.2) is 4.79 Å². The number of rotatable bonds is 8. The average molecular weight is 407 g/mol. The van der Waals surface area contributed by atoms with Gasteiger partial charge in [0.2, 0.25) is 0 Å². The molecule has 0 aliphatic carbocycles. The lowest BCUT2D eigenvalue weighted by molar-refractivity contribution is 0.0526. The Morgan fingerprint density at radius 1 is 1.36 bits per heavy atom. The van der Waals surface area contributed by atoms with Crippen LogP contribution < -0.4 is 5.32 Å². The highest BCUT2D eigenvalue weighted by atomic mass is 28.4. The molecule has 0 saturated carbocycles. The van der Waals surface area contributed by atoms with Crippen molar-refractivity contribution < 1.29 is 14.0 Å². The molecule has 1 aromatic rings. The third-order valence-corrected chi connectivity index (χ3v) is 10.6. The maximum atomic E-state index is 12.0. The van der Waals surface area contributed by atoms with Gasteiger partial charge >= 0.3 is 5.97 Å². The first-order valence-corrected chi connectivity index (χ1v) is 13.3. The Bertz CT molecular complexity index is 657. The van der Waals surface area contributed by atoms with Crippen molar-refractivity contribution in [1.29, 1.82) is 0 Å². The number of ether oxygens (including phenoxy) is 1. The fourth-order valence-corrected chi connectivity index (χ4v) is 4.75. The molecule has 1 aliphatic heterocycles. The van der Waals surface area contributed by atoms with Crippen LogP contribution >= 0.6 is 0 Å². The minimum atomic E-state index is -1.73. The molecule has 0 amide bonds. The smallest absolute Gasteiger partial charge is 0.338 e. The molecular weight excluding hydrogens is 368 g/mol. The Morgan fingerprint density at radius 3 is 2.68 bits per heavy atom. The summed E-state index contributed by atoms with van der Waals surface area (Å²) in [5.41, 5.74) is 1.72. The van der Waals surface area contributed by atoms with Crippen LogP contribution in [0.25, 0.3) is 0 Å². The van der Waals surface area contributed by atoms with Crippen LogP contribution in [0.4, 0.5) is 0 Å². The van der Waals surface area contributed by atoms with Crippen molar-refractivity contribution in [2.24, 2.45) is 0 Å². The monoisotopic (exact) mass is 406 g/mol. The zero-order valence-electron chi connectivity index (χ0n) is 18.7. The lowest BCUT2D eigenvalue weighted by Crippen LogP contribution is -2.44. The summed E-state index contributed by atoms with van der Waals surface area (Å²) in [6.07, 6.45) is 1.41. The Balaban J connectivity index is 1.99. The van der Waals surface area contributed by atoms with Crippen LogP contribution in [0.3, 0.4) is 0 Å². The van der Waals surface area contributed by atoms with Crippen molar-refractivity contribution in [2.75, 3.05) is 33.3 Å². The first-order valence-electron chi connectivity index (χ1n) is 10.4. The van der Waals surface area contributed by atoms with Gasteiger partial charge in [0.05, 0.1) is 18.3 Å². The van der Waals surface area contributed by atoms with E-state index in [1.807, 2.05) is 32.2 Å². The van der Waals surface area contributed by atoms with Crippen LogP contribution in [0, 0.1) is 0 Å². The van der Waals surface area contributed by atoms with E-state index in [0.717, 1.165) is 31.6 Å². The van der Waals surface area contributed by atoms with Gasteiger partial charge in [-0.05, 0) is 56.2 Å². The third-order valence-electron chi connectivity index (χ3n) is 6.09. The molecule has 1 unspecified atom stereocenters. The van der Waals surface area contributed by atoms with Crippen molar-refractivity contribution in [3.63, 3.8) is 0 Å². The van der Waals surface area contributed by atoms with Gasteiger partial charge in [0, 0.05) is 25.7 Å². The van der Waals surface area contributed by atoms with Crippen molar-refractivity contribution in [3.8, 4) is 0 Å². The molecule has 0 bridgehead atoms. The second kappa shape index (κ2) is 9.52. The van der Waals surface area contributed by atoms with E-state index in [9.17, 15) is 4.79 Å². The number of hydrogen-bond acceptors (Lipinski definition) is 5. The molecule has 5 nitrogen and oxygen atoms in total. The SMILES string of the molecule is CCOC(=O)c1cccc([C@@H](CN2CCC(O[Si](C)(C)C(C)(C)C)C2)NC)c1. The lowest BCUT2D eigenvalue weighted by Gasteiger charge is -2.38. The molecular formula is C22H38N2O3Si. The minimum Gasteiger partial charge on any atom is -0.462 e. The van der Waals surface area contributed by atoms with E-state index in [1.54, 1.807) is 0 Å². The largest absolute Gasteiger partial charge is 0.462 e. The minimum absolute atomic E-state index is 0.168. The molecule has 6 heteroatoms. The van der Waals surface area contributed by atoms with Gasteiger partial charge in [-0.3, -0.25) is 4.90 Å². The molecule has 1 saturated heterocycles. The highest BCUT2D eigenvalue weighted by Gasteiger charge is 2.40. The fraction of sp³-hybridized carbons (Fsp3) is 0.682. The van der Waals surface area contributed by atoms with Gasteiger partial charge in [-0.15, -0.1) is 0 Å². The van der Waals surface area contributed by atoms with Crippen LogP contribution in [0.15, 0.2) is 24.3 Å². The van der Waals surface area contributed by atoms with E-state index in [0.29, 0.717) is 18.3 Å². The van der Waals surface area contributed by atoms with E-state index < -0.39 is 8.32 Å². The number of likely N-dealkylation sites (tertiary alicyclic amines) is 1. The van der Waals surface area contributed by atoms with E-state index in [1.165, 1.54) is 0 Å². The molecule has 1 fully saturated rings. The second-order valence-corrected chi connectivity index (χ2v) is 14.0. The molecule has 158 valence electrons. The number of nitrogens with zero attached hydrogens (tertiary/aromatic N) is 1. The molecule has 1 aliphatic rings. The fourth-order valence-electron chi connectivity index (χ4n) is 3.37. The summed E-state index contributed by atoms with van der Waals surface area (Å²) in [7, 11) is 0.240. The summed E-state index contributed by atoms with van der Waals surface area (Å²) in [6, 6.07) is 7.93. The molecule has 1 aromatic carbocycles. The van der Waals surface area contributed by atoms with Crippen LogP contribution in [-0.2, 0) is 9.16 Å². The Kier molecular flexibility index (Phi) is 7.85. The van der Waals surface area contributed by atoms with Gasteiger partial charge in [0.15, 0.2) is 8.32 Å². The Labute approximate surface area is 171 Å². The zero-order chi connectivity index (χ0) is 20.9. The summed E-state index contributed by atoms with van der Waals surface area (Å²) < 4.78 is 11.7. The number of hydrogen-bond donors (Lipinski definition) is 1. The first kappa shape index (κ1) is 23.1. The van der Waals surface area contributed by atoms with Crippen molar-refractivity contribution in [1.82, 2.24) is 10.2 Å². The molecule has 2 atom stereocenters. The second-order valence-electron chi connectivity index (χ2n) is 9.24. The van der Waals surface area contributed by atoms with Gasteiger partial charge < -0.3 is 14.5 Å². The van der Waals surface area contributed by atoms with Gasteiger partial charge in [0.25, 0.3) is 0 Å². The van der Waals surface area contributed by atoms with Crippen molar-refractivity contribution in [2.45, 2.75) is 64.4 Å².